The molecular formula is C17H19N3O2S. The van der Waals surface area contributed by atoms with E-state index >= 15 is 0 Å². The van der Waals surface area contributed by atoms with E-state index in [-0.39, 0.29) is 24.9 Å². The molecule has 0 saturated heterocycles. The topological polar surface area (TPSA) is 52.7 Å². The lowest BCUT2D eigenvalue weighted by molar-refractivity contribution is -0.122. The largest absolute Gasteiger partial charge is 0.323 e. The van der Waals surface area contributed by atoms with Gasteiger partial charge in [0, 0.05) is 11.4 Å². The zero-order chi connectivity index (χ0) is 16.4. The molecule has 1 N–H and O–H groups in total. The molecule has 0 bridgehead atoms. The van der Waals surface area contributed by atoms with Crippen LogP contribution in [0.25, 0.3) is 0 Å². The van der Waals surface area contributed by atoms with E-state index in [1.165, 1.54) is 10.4 Å². The molecule has 0 radical (unpaired) electrons. The number of thiophene rings is 1. The van der Waals surface area contributed by atoms with E-state index < -0.39 is 0 Å². The first-order valence-corrected chi connectivity index (χ1v) is 8.33. The number of carbonyl (C=O) groups excluding carboxylic acids is 2. The second kappa shape index (κ2) is 6.52. The van der Waals surface area contributed by atoms with Crippen LogP contribution in [0.2, 0.25) is 0 Å². The Morgan fingerprint density at radius 1 is 1.35 bits per heavy atom. The van der Waals surface area contributed by atoms with Crippen LogP contribution in [0.1, 0.15) is 10.4 Å². The van der Waals surface area contributed by atoms with Crippen molar-refractivity contribution >= 4 is 34.5 Å². The van der Waals surface area contributed by atoms with Gasteiger partial charge in [0.05, 0.1) is 17.9 Å². The number of amides is 2. The van der Waals surface area contributed by atoms with E-state index in [1.807, 2.05) is 36.2 Å². The van der Waals surface area contributed by atoms with Crippen LogP contribution in [0.15, 0.2) is 35.7 Å². The summed E-state index contributed by atoms with van der Waals surface area (Å²) in [5.41, 5.74) is 2.70. The lowest BCUT2D eigenvalue weighted by Gasteiger charge is -2.30. The summed E-state index contributed by atoms with van der Waals surface area (Å²) in [5.74, 6) is -0.224. The normalized spacial score (nSPS) is 13.9. The Kier molecular flexibility index (Phi) is 4.45. The number of nitrogens with one attached hydrogen (secondary N) is 1. The predicted octanol–water partition coefficient (Wildman–Crippen LogP) is 2.47. The number of benzene rings is 1. The van der Waals surface area contributed by atoms with Crippen molar-refractivity contribution in [1.29, 1.82) is 0 Å². The Morgan fingerprint density at radius 2 is 2.13 bits per heavy atom. The predicted molar refractivity (Wildman–Crippen MR) is 92.8 cm³/mol. The molecule has 120 valence electrons. The van der Waals surface area contributed by atoms with E-state index in [4.69, 9.17) is 0 Å². The number of para-hydroxylation sites is 2. The zero-order valence-corrected chi connectivity index (χ0v) is 14.0. The molecule has 6 heteroatoms. The van der Waals surface area contributed by atoms with E-state index in [0.29, 0.717) is 5.69 Å². The molecule has 1 aliphatic heterocycles. The fraction of sp³-hybridized carbons (Fsp3) is 0.294. The van der Waals surface area contributed by atoms with E-state index in [0.717, 1.165) is 12.2 Å². The molecule has 0 spiro atoms. The molecule has 0 fully saturated rings. The summed E-state index contributed by atoms with van der Waals surface area (Å²) in [4.78, 5) is 29.3. The van der Waals surface area contributed by atoms with Crippen molar-refractivity contribution in [2.24, 2.45) is 0 Å². The molecule has 0 aliphatic carbocycles. The first kappa shape index (κ1) is 15.7. The number of hydrogen-bond donors (Lipinski definition) is 1. The Bertz CT molecular complexity index is 741. The summed E-state index contributed by atoms with van der Waals surface area (Å²) in [5, 5.41) is 4.86. The molecule has 23 heavy (non-hydrogen) atoms. The molecule has 0 atom stereocenters. The van der Waals surface area contributed by atoms with Crippen LogP contribution in [0.5, 0.6) is 0 Å². The van der Waals surface area contributed by atoms with Gasteiger partial charge in [0.2, 0.25) is 11.8 Å². The molecule has 2 heterocycles. The van der Waals surface area contributed by atoms with Gasteiger partial charge in [0.25, 0.3) is 0 Å². The van der Waals surface area contributed by atoms with Gasteiger partial charge in [-0.3, -0.25) is 19.4 Å². The second-order valence-electron chi connectivity index (χ2n) is 5.74. The Labute approximate surface area is 139 Å². The van der Waals surface area contributed by atoms with Gasteiger partial charge in [0.1, 0.15) is 6.54 Å². The maximum atomic E-state index is 12.6. The van der Waals surface area contributed by atoms with Crippen molar-refractivity contribution in [2.45, 2.75) is 13.5 Å². The number of rotatable bonds is 4. The van der Waals surface area contributed by atoms with Crippen molar-refractivity contribution in [2.75, 3.05) is 30.4 Å². The molecular weight excluding hydrogens is 310 g/mol. The van der Waals surface area contributed by atoms with Crippen molar-refractivity contribution < 1.29 is 9.59 Å². The van der Waals surface area contributed by atoms with Gasteiger partial charge < -0.3 is 5.32 Å². The van der Waals surface area contributed by atoms with E-state index in [1.54, 1.807) is 16.2 Å². The van der Waals surface area contributed by atoms with Crippen LogP contribution in [0.4, 0.5) is 11.4 Å². The van der Waals surface area contributed by atoms with Crippen molar-refractivity contribution in [3.8, 4) is 0 Å². The number of likely N-dealkylation sites (N-methyl/N-ethyl adjacent to an activating group) is 1. The minimum atomic E-state index is -0.159. The number of aryl methyl sites for hydroxylation is 1. The lowest BCUT2D eigenvalue weighted by atomic mass is 10.2. The quantitative estimate of drug-likeness (QED) is 0.937. The fourth-order valence-corrected chi connectivity index (χ4v) is 3.62. The van der Waals surface area contributed by atoms with Crippen LogP contribution in [-0.2, 0) is 16.1 Å². The number of anilines is 2. The van der Waals surface area contributed by atoms with Gasteiger partial charge in [-0.1, -0.05) is 12.1 Å². The first-order chi connectivity index (χ1) is 11.0. The van der Waals surface area contributed by atoms with Crippen molar-refractivity contribution in [1.82, 2.24) is 4.90 Å². The third kappa shape index (κ3) is 3.43. The van der Waals surface area contributed by atoms with Gasteiger partial charge in [-0.15, -0.1) is 11.3 Å². The SMILES string of the molecule is Cc1ccsc1CN(C)CC(=O)N1CC(=O)Nc2ccccc21. The summed E-state index contributed by atoms with van der Waals surface area (Å²) in [7, 11) is 1.92. The third-order valence-electron chi connectivity index (χ3n) is 3.86. The minimum Gasteiger partial charge on any atom is -0.323 e. The molecule has 2 amide bonds. The van der Waals surface area contributed by atoms with E-state index in [9.17, 15) is 9.59 Å². The molecule has 2 aromatic rings. The average molecular weight is 329 g/mol. The van der Waals surface area contributed by atoms with Crippen LogP contribution in [0, 0.1) is 6.92 Å². The van der Waals surface area contributed by atoms with Gasteiger partial charge >= 0.3 is 0 Å². The molecule has 1 aliphatic rings. The first-order valence-electron chi connectivity index (χ1n) is 7.45. The highest BCUT2D eigenvalue weighted by Crippen LogP contribution is 2.29. The smallest absolute Gasteiger partial charge is 0.244 e. The lowest BCUT2D eigenvalue weighted by Crippen LogP contribution is -2.45. The van der Waals surface area contributed by atoms with Gasteiger partial charge in [0.15, 0.2) is 0 Å². The summed E-state index contributed by atoms with van der Waals surface area (Å²) < 4.78 is 0. The molecule has 1 aromatic heterocycles. The van der Waals surface area contributed by atoms with Crippen molar-refractivity contribution in [3.05, 3.63) is 46.2 Å². The number of nitrogens with zero attached hydrogens (tertiary/aromatic N) is 2. The second-order valence-corrected chi connectivity index (χ2v) is 6.74. The van der Waals surface area contributed by atoms with Crippen LogP contribution in [0.3, 0.4) is 0 Å². The highest BCUT2D eigenvalue weighted by Gasteiger charge is 2.27. The summed E-state index contributed by atoms with van der Waals surface area (Å²) in [6.45, 7) is 3.16. The maximum Gasteiger partial charge on any atom is 0.244 e. The highest BCUT2D eigenvalue weighted by atomic mass is 32.1. The maximum absolute atomic E-state index is 12.6. The molecule has 3 rings (SSSR count). The van der Waals surface area contributed by atoms with E-state index in [2.05, 4.69) is 23.7 Å². The molecule has 0 unspecified atom stereocenters. The fourth-order valence-electron chi connectivity index (χ4n) is 2.64. The van der Waals surface area contributed by atoms with Crippen molar-refractivity contribution in [3.63, 3.8) is 0 Å². The Morgan fingerprint density at radius 3 is 2.87 bits per heavy atom. The number of hydrogen-bond acceptors (Lipinski definition) is 4. The standard InChI is InChI=1S/C17H19N3O2S/c1-12-7-8-23-15(12)9-19(2)11-17(22)20-10-16(21)18-13-5-3-4-6-14(13)20/h3-8H,9-11H2,1-2H3,(H,18,21). The zero-order valence-electron chi connectivity index (χ0n) is 13.2. The van der Waals surface area contributed by atoms with Gasteiger partial charge in [-0.05, 0) is 43.1 Å². The summed E-state index contributed by atoms with van der Waals surface area (Å²) in [6, 6.07) is 9.47. The number of carbonyl (C=O) groups is 2. The van der Waals surface area contributed by atoms with Crippen LogP contribution in [-0.4, -0.2) is 36.9 Å². The monoisotopic (exact) mass is 329 g/mol. The van der Waals surface area contributed by atoms with Crippen LogP contribution < -0.4 is 10.2 Å². The third-order valence-corrected chi connectivity index (χ3v) is 4.87. The molecule has 1 aromatic carbocycles. The number of fused-ring (bicyclic) bond motifs is 1. The molecule has 0 saturated carbocycles. The van der Waals surface area contributed by atoms with Gasteiger partial charge in [-0.25, -0.2) is 0 Å². The summed E-state index contributed by atoms with van der Waals surface area (Å²) >= 11 is 1.70. The Hall–Kier alpha value is -2.18. The molecule has 5 nitrogen and oxygen atoms in total. The van der Waals surface area contributed by atoms with Crippen LogP contribution >= 0.6 is 11.3 Å². The Balaban J connectivity index is 1.71. The minimum absolute atomic E-state index is 0.0657. The average Bonchev–Trinajstić information content (AvgIpc) is 2.91. The highest BCUT2D eigenvalue weighted by molar-refractivity contribution is 7.10. The summed E-state index contributed by atoms with van der Waals surface area (Å²) in [6.07, 6.45) is 0. The van der Waals surface area contributed by atoms with Gasteiger partial charge in [-0.2, -0.15) is 0 Å².